The first-order chi connectivity index (χ1) is 5.92. The molecule has 0 spiro atoms. The maximum absolute atomic E-state index is 4.08. The zero-order valence-corrected chi connectivity index (χ0v) is 10.1. The largest absolute Gasteiger partial charge is 0.0996 e. The van der Waals surface area contributed by atoms with Crippen LogP contribution in [0.3, 0.4) is 0 Å². The van der Waals surface area contributed by atoms with Crippen LogP contribution in [0, 0.1) is 11.3 Å². The van der Waals surface area contributed by atoms with Gasteiger partial charge >= 0.3 is 0 Å². The van der Waals surface area contributed by atoms with Crippen molar-refractivity contribution in [3.05, 3.63) is 12.2 Å². The molecule has 0 N–H and O–H groups in total. The molecular formula is C13H26. The molecule has 0 amide bonds. The first kappa shape index (κ1) is 12.7. The van der Waals surface area contributed by atoms with Crippen LogP contribution >= 0.6 is 0 Å². The summed E-state index contributed by atoms with van der Waals surface area (Å²) in [5.74, 6) is 0.761. The van der Waals surface area contributed by atoms with Gasteiger partial charge in [0.15, 0.2) is 0 Å². The Balaban J connectivity index is 3.94. The van der Waals surface area contributed by atoms with Crippen molar-refractivity contribution in [1.29, 1.82) is 0 Å². The van der Waals surface area contributed by atoms with Gasteiger partial charge < -0.3 is 0 Å². The topological polar surface area (TPSA) is 0 Å². The van der Waals surface area contributed by atoms with Gasteiger partial charge in [0.05, 0.1) is 0 Å². The lowest BCUT2D eigenvalue weighted by Gasteiger charge is -2.32. The van der Waals surface area contributed by atoms with Gasteiger partial charge in [-0.05, 0) is 24.7 Å². The molecule has 0 aliphatic rings. The van der Waals surface area contributed by atoms with Gasteiger partial charge in [0, 0.05) is 0 Å². The number of unbranched alkanes of at least 4 members (excludes halogenated alkanes) is 2. The van der Waals surface area contributed by atoms with Crippen molar-refractivity contribution < 1.29 is 0 Å². The maximum Gasteiger partial charge on any atom is -0.0125 e. The van der Waals surface area contributed by atoms with E-state index in [2.05, 4.69) is 41.2 Å². The van der Waals surface area contributed by atoms with Crippen LogP contribution < -0.4 is 0 Å². The maximum atomic E-state index is 4.08. The molecule has 0 aromatic heterocycles. The minimum Gasteiger partial charge on any atom is -0.0996 e. The zero-order chi connectivity index (χ0) is 10.5. The second kappa shape index (κ2) is 5.47. The van der Waals surface area contributed by atoms with Crippen molar-refractivity contribution in [3.63, 3.8) is 0 Å². The highest BCUT2D eigenvalue weighted by molar-refractivity contribution is 5.05. The van der Waals surface area contributed by atoms with Gasteiger partial charge in [-0.1, -0.05) is 59.1 Å². The van der Waals surface area contributed by atoms with E-state index < -0.39 is 0 Å². The molecule has 0 rings (SSSR count). The van der Waals surface area contributed by atoms with Crippen molar-refractivity contribution in [3.8, 4) is 0 Å². The molecule has 0 heteroatoms. The smallest absolute Gasteiger partial charge is 0.0125 e. The van der Waals surface area contributed by atoms with Crippen LogP contribution in [0.4, 0.5) is 0 Å². The van der Waals surface area contributed by atoms with Crippen LogP contribution in [0.5, 0.6) is 0 Å². The molecule has 0 aliphatic heterocycles. The third kappa shape index (κ3) is 3.97. The highest BCUT2D eigenvalue weighted by atomic mass is 14.3. The van der Waals surface area contributed by atoms with Crippen LogP contribution in [0.15, 0.2) is 12.2 Å². The highest BCUT2D eigenvalue weighted by Gasteiger charge is 2.25. The van der Waals surface area contributed by atoms with E-state index in [0.29, 0.717) is 5.41 Å². The standard InChI is InChI=1S/C13H26/c1-7-8-9-10-12(4)13(5,6)11(2)3/h12H,2,7-10H2,1,3-6H3. The number of rotatable bonds is 6. The molecule has 1 unspecified atom stereocenters. The molecule has 1 atom stereocenters. The summed E-state index contributed by atoms with van der Waals surface area (Å²) < 4.78 is 0. The van der Waals surface area contributed by atoms with Gasteiger partial charge in [-0.25, -0.2) is 0 Å². The molecule has 78 valence electrons. The van der Waals surface area contributed by atoms with E-state index in [4.69, 9.17) is 0 Å². The fraction of sp³-hybridized carbons (Fsp3) is 0.846. The Morgan fingerprint density at radius 2 is 1.85 bits per heavy atom. The third-order valence-electron chi connectivity index (χ3n) is 3.57. The minimum absolute atomic E-state index is 0.313. The average Bonchev–Trinajstić information content (AvgIpc) is 2.04. The summed E-state index contributed by atoms with van der Waals surface area (Å²) in [6, 6.07) is 0. The molecule has 0 nitrogen and oxygen atoms in total. The summed E-state index contributed by atoms with van der Waals surface area (Å²) >= 11 is 0. The highest BCUT2D eigenvalue weighted by Crippen LogP contribution is 2.36. The van der Waals surface area contributed by atoms with E-state index in [1.54, 1.807) is 0 Å². The van der Waals surface area contributed by atoms with Gasteiger partial charge in [-0.15, -0.1) is 0 Å². The Kier molecular flexibility index (Phi) is 5.36. The fourth-order valence-corrected chi connectivity index (χ4v) is 1.48. The minimum atomic E-state index is 0.313. The van der Waals surface area contributed by atoms with Crippen LogP contribution in [-0.2, 0) is 0 Å². The second-order valence-corrected chi connectivity index (χ2v) is 4.90. The third-order valence-corrected chi connectivity index (χ3v) is 3.57. The Hall–Kier alpha value is -0.260. The molecule has 0 saturated carbocycles. The van der Waals surface area contributed by atoms with E-state index in [9.17, 15) is 0 Å². The Morgan fingerprint density at radius 1 is 1.31 bits per heavy atom. The number of hydrogen-bond acceptors (Lipinski definition) is 0. The van der Waals surface area contributed by atoms with Gasteiger partial charge in [-0.2, -0.15) is 0 Å². The van der Waals surface area contributed by atoms with Crippen molar-refractivity contribution in [2.24, 2.45) is 11.3 Å². The lowest BCUT2D eigenvalue weighted by molar-refractivity contribution is 0.264. The second-order valence-electron chi connectivity index (χ2n) is 4.90. The lowest BCUT2D eigenvalue weighted by Crippen LogP contribution is -2.22. The van der Waals surface area contributed by atoms with Crippen molar-refractivity contribution in [2.45, 2.75) is 60.3 Å². The summed E-state index contributed by atoms with van der Waals surface area (Å²) in [5, 5.41) is 0. The predicted octanol–water partition coefficient (Wildman–Crippen LogP) is 4.81. The summed E-state index contributed by atoms with van der Waals surface area (Å²) in [6.07, 6.45) is 5.40. The Labute approximate surface area is 84.4 Å². The van der Waals surface area contributed by atoms with Crippen molar-refractivity contribution in [1.82, 2.24) is 0 Å². The fourth-order valence-electron chi connectivity index (χ4n) is 1.48. The first-order valence-electron chi connectivity index (χ1n) is 5.58. The van der Waals surface area contributed by atoms with E-state index in [1.165, 1.54) is 31.3 Å². The first-order valence-corrected chi connectivity index (χ1v) is 5.58. The van der Waals surface area contributed by atoms with Gasteiger partial charge in [0.1, 0.15) is 0 Å². The van der Waals surface area contributed by atoms with Crippen molar-refractivity contribution >= 4 is 0 Å². The molecule has 0 radical (unpaired) electrons. The molecule has 0 aliphatic carbocycles. The normalized spacial score (nSPS) is 14.2. The van der Waals surface area contributed by atoms with E-state index in [0.717, 1.165) is 5.92 Å². The quantitative estimate of drug-likeness (QED) is 0.408. The van der Waals surface area contributed by atoms with Crippen LogP contribution in [-0.4, -0.2) is 0 Å². The van der Waals surface area contributed by atoms with E-state index in [1.807, 2.05) is 0 Å². The van der Waals surface area contributed by atoms with Crippen LogP contribution in [0.25, 0.3) is 0 Å². The average molecular weight is 182 g/mol. The zero-order valence-electron chi connectivity index (χ0n) is 10.1. The molecule has 0 aromatic rings. The number of hydrogen-bond donors (Lipinski definition) is 0. The van der Waals surface area contributed by atoms with Crippen molar-refractivity contribution in [2.75, 3.05) is 0 Å². The molecule has 0 fully saturated rings. The summed E-state index contributed by atoms with van der Waals surface area (Å²) in [6.45, 7) is 15.5. The van der Waals surface area contributed by atoms with E-state index in [-0.39, 0.29) is 0 Å². The predicted molar refractivity (Wildman–Crippen MR) is 61.9 cm³/mol. The molecule has 0 bridgehead atoms. The number of allylic oxidation sites excluding steroid dienone is 1. The molecule has 0 saturated heterocycles. The van der Waals surface area contributed by atoms with Gasteiger partial charge in [-0.3, -0.25) is 0 Å². The Morgan fingerprint density at radius 3 is 2.23 bits per heavy atom. The van der Waals surface area contributed by atoms with Crippen LogP contribution in [0.2, 0.25) is 0 Å². The molecule has 13 heavy (non-hydrogen) atoms. The van der Waals surface area contributed by atoms with Crippen LogP contribution in [0.1, 0.15) is 60.3 Å². The van der Waals surface area contributed by atoms with Gasteiger partial charge in [0.2, 0.25) is 0 Å². The summed E-state index contributed by atoms with van der Waals surface area (Å²) in [4.78, 5) is 0. The molecule has 0 heterocycles. The summed E-state index contributed by atoms with van der Waals surface area (Å²) in [7, 11) is 0. The van der Waals surface area contributed by atoms with E-state index >= 15 is 0 Å². The lowest BCUT2D eigenvalue weighted by atomic mass is 9.73. The Bertz CT molecular complexity index is 153. The monoisotopic (exact) mass is 182 g/mol. The molecule has 0 aromatic carbocycles. The molecular weight excluding hydrogens is 156 g/mol. The summed E-state index contributed by atoms with van der Waals surface area (Å²) in [5.41, 5.74) is 1.63. The SMILES string of the molecule is C=C(C)C(C)(C)C(C)CCCCC. The van der Waals surface area contributed by atoms with Gasteiger partial charge in [0.25, 0.3) is 0 Å².